The van der Waals surface area contributed by atoms with Crippen LogP contribution in [0.5, 0.6) is 5.75 Å². The largest absolute Gasteiger partial charge is 0.427 e. The van der Waals surface area contributed by atoms with Crippen molar-refractivity contribution in [3.63, 3.8) is 0 Å². The maximum absolute atomic E-state index is 13.2. The number of carbonyl (C=O) groups excluding carboxylic acids is 1. The number of nitrogens with zero attached hydrogens (tertiary/aromatic N) is 1. The molecule has 0 atom stereocenters. The van der Waals surface area contributed by atoms with Crippen molar-refractivity contribution in [1.29, 1.82) is 0 Å². The van der Waals surface area contributed by atoms with Crippen LogP contribution in [0.3, 0.4) is 0 Å². The Balaban J connectivity index is 3.35. The number of nitro benzene ring substituents is 1. The first-order valence-corrected chi connectivity index (χ1v) is 4.26. The third kappa shape index (κ3) is 2.92. The molecule has 0 heterocycles. The van der Waals surface area contributed by atoms with Gasteiger partial charge < -0.3 is 4.74 Å². The van der Waals surface area contributed by atoms with Crippen LogP contribution in [0.15, 0.2) is 12.1 Å². The van der Waals surface area contributed by atoms with Crippen molar-refractivity contribution in [2.24, 2.45) is 0 Å². The lowest BCUT2D eigenvalue weighted by atomic mass is 10.1. The molecule has 92 valence electrons. The number of carbonyl (C=O) groups is 1. The molecule has 0 saturated heterocycles. The lowest BCUT2D eigenvalue weighted by Gasteiger charge is -2.06. The molecule has 8 heteroatoms. The van der Waals surface area contributed by atoms with Crippen molar-refractivity contribution >= 4 is 11.5 Å². The number of ether oxygens (including phenoxy) is 1. The summed E-state index contributed by atoms with van der Waals surface area (Å²) < 4.78 is 40.9. The van der Waals surface area contributed by atoms with E-state index in [0.717, 1.165) is 6.92 Å². The fraction of sp³-hybridized carbons (Fsp3) is 0.222. The number of rotatable bonds is 4. The quantitative estimate of drug-likeness (QED) is 0.467. The summed E-state index contributed by atoms with van der Waals surface area (Å²) in [4.78, 5) is 20.4. The van der Waals surface area contributed by atoms with Crippen LogP contribution >= 0.6 is 0 Å². The lowest BCUT2D eigenvalue weighted by molar-refractivity contribution is -0.386. The molecule has 0 bridgehead atoms. The van der Waals surface area contributed by atoms with Crippen LogP contribution in [0.1, 0.15) is 17.3 Å². The highest BCUT2D eigenvalue weighted by Crippen LogP contribution is 2.31. The van der Waals surface area contributed by atoms with E-state index in [4.69, 9.17) is 0 Å². The molecule has 0 aromatic heterocycles. The molecule has 1 rings (SSSR count). The van der Waals surface area contributed by atoms with E-state index in [2.05, 4.69) is 4.74 Å². The Bertz CT molecular complexity index is 476. The molecule has 0 fully saturated rings. The summed E-state index contributed by atoms with van der Waals surface area (Å²) in [6.07, 6.45) is 0. The lowest BCUT2D eigenvalue weighted by Crippen LogP contribution is -2.07. The molecule has 1 aromatic carbocycles. The number of hydrogen-bond donors (Lipinski definition) is 0. The summed E-state index contributed by atoms with van der Waals surface area (Å²) in [5, 5.41) is 10.5. The Kier molecular flexibility index (Phi) is 3.66. The maximum Gasteiger partial charge on any atom is 0.387 e. The second kappa shape index (κ2) is 4.81. The predicted molar refractivity (Wildman–Crippen MR) is 49.7 cm³/mol. The van der Waals surface area contributed by atoms with Crippen LogP contribution < -0.4 is 4.74 Å². The SMILES string of the molecule is CC(=O)c1cc([N+](=O)[O-])c(OC(F)F)cc1F. The summed E-state index contributed by atoms with van der Waals surface area (Å²) in [5.41, 5.74) is -1.45. The molecular formula is C9H6F3NO4. The number of halogens is 3. The zero-order chi connectivity index (χ0) is 13.2. The number of nitro groups is 1. The fourth-order valence-electron chi connectivity index (χ4n) is 1.15. The minimum Gasteiger partial charge on any atom is -0.427 e. The third-order valence-electron chi connectivity index (χ3n) is 1.84. The number of ketones is 1. The molecule has 17 heavy (non-hydrogen) atoms. The first-order valence-electron chi connectivity index (χ1n) is 4.26. The van der Waals surface area contributed by atoms with Gasteiger partial charge in [0, 0.05) is 12.1 Å². The van der Waals surface area contributed by atoms with Crippen LogP contribution in [0.2, 0.25) is 0 Å². The summed E-state index contributed by atoms with van der Waals surface area (Å²) >= 11 is 0. The number of benzene rings is 1. The minimum atomic E-state index is -3.32. The van der Waals surface area contributed by atoms with Crippen LogP contribution in [-0.2, 0) is 0 Å². The molecule has 1 aromatic rings. The average molecular weight is 249 g/mol. The van der Waals surface area contributed by atoms with Gasteiger partial charge in [0.15, 0.2) is 5.78 Å². The molecule has 5 nitrogen and oxygen atoms in total. The van der Waals surface area contributed by atoms with Crippen molar-refractivity contribution in [1.82, 2.24) is 0 Å². The third-order valence-corrected chi connectivity index (χ3v) is 1.84. The van der Waals surface area contributed by atoms with Crippen molar-refractivity contribution in [3.8, 4) is 5.75 Å². The molecule has 0 aliphatic rings. The summed E-state index contributed by atoms with van der Waals surface area (Å²) in [5.74, 6) is -2.83. The van der Waals surface area contributed by atoms with E-state index in [1.165, 1.54) is 0 Å². The van der Waals surface area contributed by atoms with Crippen LogP contribution in [0, 0.1) is 15.9 Å². The van der Waals surface area contributed by atoms with Crippen LogP contribution in [0.25, 0.3) is 0 Å². The van der Waals surface area contributed by atoms with Gasteiger partial charge in [-0.15, -0.1) is 0 Å². The van der Waals surface area contributed by atoms with Crippen molar-refractivity contribution < 1.29 is 27.6 Å². The van der Waals surface area contributed by atoms with Crippen LogP contribution in [-0.4, -0.2) is 17.3 Å². The van der Waals surface area contributed by atoms with Crippen molar-refractivity contribution in [2.75, 3.05) is 0 Å². The molecule has 0 amide bonds. The summed E-state index contributed by atoms with van der Waals surface area (Å²) in [6.45, 7) is -2.33. The zero-order valence-electron chi connectivity index (χ0n) is 8.45. The highest BCUT2D eigenvalue weighted by Gasteiger charge is 2.23. The number of hydrogen-bond acceptors (Lipinski definition) is 4. The Morgan fingerprint density at radius 1 is 1.47 bits per heavy atom. The average Bonchev–Trinajstić information content (AvgIpc) is 2.15. The number of Topliss-reactive ketones (excluding diaryl/α,β-unsaturated/α-hetero) is 1. The van der Waals surface area contributed by atoms with Gasteiger partial charge in [-0.05, 0) is 6.92 Å². The monoisotopic (exact) mass is 249 g/mol. The second-order valence-corrected chi connectivity index (χ2v) is 2.99. The smallest absolute Gasteiger partial charge is 0.387 e. The predicted octanol–water partition coefficient (Wildman–Crippen LogP) is 2.54. The Morgan fingerprint density at radius 3 is 2.47 bits per heavy atom. The molecule has 0 aliphatic heterocycles. The van der Waals surface area contributed by atoms with E-state index in [0.29, 0.717) is 12.1 Å². The van der Waals surface area contributed by atoms with Gasteiger partial charge in [-0.25, -0.2) is 4.39 Å². The molecular weight excluding hydrogens is 243 g/mol. The first kappa shape index (κ1) is 12.9. The van der Waals surface area contributed by atoms with Gasteiger partial charge in [0.25, 0.3) is 0 Å². The Labute approximate surface area is 93.0 Å². The van der Waals surface area contributed by atoms with Crippen molar-refractivity contribution in [2.45, 2.75) is 13.5 Å². The van der Waals surface area contributed by atoms with Gasteiger partial charge >= 0.3 is 12.3 Å². The zero-order valence-corrected chi connectivity index (χ0v) is 8.45. The van der Waals surface area contributed by atoms with Crippen molar-refractivity contribution in [3.05, 3.63) is 33.6 Å². The van der Waals surface area contributed by atoms with Gasteiger partial charge in [-0.1, -0.05) is 0 Å². The van der Waals surface area contributed by atoms with Gasteiger partial charge in [0.2, 0.25) is 5.75 Å². The molecule has 0 radical (unpaired) electrons. The highest BCUT2D eigenvalue weighted by molar-refractivity contribution is 5.95. The minimum absolute atomic E-state index is 0.390. The van der Waals surface area contributed by atoms with Gasteiger partial charge in [0.05, 0.1) is 10.5 Å². The summed E-state index contributed by atoms with van der Waals surface area (Å²) in [6, 6.07) is 0.955. The maximum atomic E-state index is 13.2. The molecule has 0 N–H and O–H groups in total. The van der Waals surface area contributed by atoms with E-state index in [9.17, 15) is 28.1 Å². The summed E-state index contributed by atoms with van der Waals surface area (Å²) in [7, 11) is 0. The Morgan fingerprint density at radius 2 is 2.06 bits per heavy atom. The van der Waals surface area contributed by atoms with Gasteiger partial charge in [-0.3, -0.25) is 14.9 Å². The van der Waals surface area contributed by atoms with E-state index in [-0.39, 0.29) is 0 Å². The number of alkyl halides is 2. The normalized spacial score (nSPS) is 10.4. The molecule has 0 spiro atoms. The van der Waals surface area contributed by atoms with Gasteiger partial charge in [-0.2, -0.15) is 8.78 Å². The van der Waals surface area contributed by atoms with Crippen LogP contribution in [0.4, 0.5) is 18.9 Å². The highest BCUT2D eigenvalue weighted by atomic mass is 19.3. The van der Waals surface area contributed by atoms with E-state index in [1.807, 2.05) is 0 Å². The Hall–Kier alpha value is -2.12. The van der Waals surface area contributed by atoms with E-state index >= 15 is 0 Å². The molecule has 0 aliphatic carbocycles. The molecule has 0 unspecified atom stereocenters. The second-order valence-electron chi connectivity index (χ2n) is 2.99. The van der Waals surface area contributed by atoms with Gasteiger partial charge in [0.1, 0.15) is 5.82 Å². The fourth-order valence-corrected chi connectivity index (χ4v) is 1.15. The first-order chi connectivity index (χ1) is 7.82. The topological polar surface area (TPSA) is 69.4 Å². The van der Waals surface area contributed by atoms with E-state index in [1.54, 1.807) is 0 Å². The standard InChI is InChI=1S/C9H6F3NO4/c1-4(14)5-2-7(13(15)16)8(3-6(5)10)17-9(11)12/h2-3,9H,1H3. The van der Waals surface area contributed by atoms with E-state index < -0.39 is 40.1 Å². The molecule has 0 saturated carbocycles.